The second kappa shape index (κ2) is 8.15. The average molecular weight is 393 g/mol. The molecule has 136 valence electrons. The van der Waals surface area contributed by atoms with Gasteiger partial charge < -0.3 is 4.98 Å². The number of hydrogen-bond acceptors (Lipinski definition) is 5. The zero-order valence-corrected chi connectivity index (χ0v) is 16.8. The Hall–Kier alpha value is -2.31. The predicted octanol–water partition coefficient (Wildman–Crippen LogP) is 5.81. The number of thioether (sulfide) groups is 2. The highest BCUT2D eigenvalue weighted by Gasteiger charge is 2.13. The van der Waals surface area contributed by atoms with Crippen LogP contribution < -0.4 is 0 Å². The molecule has 0 amide bonds. The Morgan fingerprint density at radius 3 is 2.67 bits per heavy atom. The fraction of sp³-hybridized carbons (Fsp3) is 0.190. The van der Waals surface area contributed by atoms with Gasteiger partial charge in [0, 0.05) is 28.3 Å². The van der Waals surface area contributed by atoms with Crippen LogP contribution in [0.25, 0.3) is 11.0 Å². The normalized spacial score (nSPS) is 12.4. The molecule has 1 atom stereocenters. The molecule has 4 nitrogen and oxygen atoms in total. The molecule has 0 aliphatic heterocycles. The second-order valence-corrected chi connectivity index (χ2v) is 8.59. The van der Waals surface area contributed by atoms with Gasteiger partial charge in [0.2, 0.25) is 0 Å². The lowest BCUT2D eigenvalue weighted by molar-refractivity contribution is 0.997. The number of hydrogen-bond donors (Lipinski definition) is 1. The highest BCUT2D eigenvalue weighted by molar-refractivity contribution is 7.99. The van der Waals surface area contributed by atoms with Crippen LogP contribution in [0.4, 0.5) is 0 Å². The van der Waals surface area contributed by atoms with Crippen molar-refractivity contribution in [2.75, 3.05) is 0 Å². The smallest absolute Gasteiger partial charge is 0.166 e. The highest BCUT2D eigenvalue weighted by Crippen LogP contribution is 2.36. The first kappa shape index (κ1) is 18.1. The summed E-state index contributed by atoms with van der Waals surface area (Å²) in [6.45, 7) is 4.34. The maximum Gasteiger partial charge on any atom is 0.166 e. The zero-order valence-electron chi connectivity index (χ0n) is 15.2. The lowest BCUT2D eigenvalue weighted by Crippen LogP contribution is -1.97. The number of fused-ring (bicyclic) bond motifs is 1. The van der Waals surface area contributed by atoms with Crippen LogP contribution in [0.3, 0.4) is 0 Å². The van der Waals surface area contributed by atoms with Crippen LogP contribution >= 0.6 is 23.5 Å². The summed E-state index contributed by atoms with van der Waals surface area (Å²) < 4.78 is 0. The molecule has 1 aromatic carbocycles. The lowest BCUT2D eigenvalue weighted by atomic mass is 10.2. The minimum absolute atomic E-state index is 0.295. The van der Waals surface area contributed by atoms with Gasteiger partial charge in [-0.25, -0.2) is 4.98 Å². The molecular weight excluding hydrogens is 372 g/mol. The van der Waals surface area contributed by atoms with Crippen molar-refractivity contribution in [3.8, 4) is 0 Å². The number of imidazole rings is 1. The van der Waals surface area contributed by atoms with Crippen molar-refractivity contribution in [3.05, 3.63) is 77.9 Å². The van der Waals surface area contributed by atoms with Crippen molar-refractivity contribution in [3.63, 3.8) is 0 Å². The molecule has 3 aromatic heterocycles. The third kappa shape index (κ3) is 4.17. The van der Waals surface area contributed by atoms with E-state index < -0.39 is 0 Å². The fourth-order valence-corrected chi connectivity index (χ4v) is 4.82. The van der Waals surface area contributed by atoms with Crippen molar-refractivity contribution in [1.29, 1.82) is 0 Å². The Labute approximate surface area is 167 Å². The van der Waals surface area contributed by atoms with Gasteiger partial charge in [-0.3, -0.25) is 9.97 Å². The molecule has 6 heteroatoms. The second-order valence-electron chi connectivity index (χ2n) is 6.24. The van der Waals surface area contributed by atoms with E-state index in [0.29, 0.717) is 5.25 Å². The number of benzene rings is 1. The maximum absolute atomic E-state index is 4.63. The highest BCUT2D eigenvalue weighted by atomic mass is 32.2. The Balaban J connectivity index is 1.48. The molecular formula is C21H20N4S2. The Bertz CT molecular complexity index is 1010. The van der Waals surface area contributed by atoms with Gasteiger partial charge in [0.25, 0.3) is 0 Å². The van der Waals surface area contributed by atoms with Crippen molar-refractivity contribution in [2.45, 2.75) is 34.9 Å². The van der Waals surface area contributed by atoms with Gasteiger partial charge in [-0.15, -0.1) is 11.8 Å². The molecule has 3 heterocycles. The molecule has 0 aliphatic rings. The van der Waals surface area contributed by atoms with Crippen LogP contribution in [-0.2, 0) is 5.75 Å². The predicted molar refractivity (Wildman–Crippen MR) is 113 cm³/mol. The number of nitrogens with one attached hydrogen (secondary N) is 1. The number of aromatic nitrogens is 4. The SMILES string of the molecule is Cc1c(SC(C)c2ccccn2)ccnc1CSc1nc2ccccc2[nH]1. The fourth-order valence-electron chi connectivity index (χ4n) is 2.83. The standard InChI is InChI=1S/C21H20N4S2/c1-14-19(13-26-21-24-17-8-3-4-9-18(17)25-21)23-12-10-20(14)27-15(2)16-7-5-6-11-22-16/h3-12,15H,13H2,1-2H3,(H,24,25). The van der Waals surface area contributed by atoms with Crippen LogP contribution in [0.1, 0.15) is 29.1 Å². The molecule has 27 heavy (non-hydrogen) atoms. The number of aromatic amines is 1. The average Bonchev–Trinajstić information content (AvgIpc) is 3.12. The molecule has 0 radical (unpaired) electrons. The molecule has 4 aromatic rings. The van der Waals surface area contributed by atoms with Gasteiger partial charge in [-0.1, -0.05) is 30.0 Å². The van der Waals surface area contributed by atoms with E-state index in [1.54, 1.807) is 11.8 Å². The third-order valence-corrected chi connectivity index (χ3v) is 6.56. The third-order valence-electron chi connectivity index (χ3n) is 4.38. The van der Waals surface area contributed by atoms with Gasteiger partial charge >= 0.3 is 0 Å². The van der Waals surface area contributed by atoms with Crippen LogP contribution in [0.5, 0.6) is 0 Å². The minimum Gasteiger partial charge on any atom is -0.333 e. The lowest BCUT2D eigenvalue weighted by Gasteiger charge is -2.14. The molecule has 1 unspecified atom stereocenters. The van der Waals surface area contributed by atoms with Gasteiger partial charge in [0.05, 0.1) is 22.4 Å². The van der Waals surface area contributed by atoms with E-state index in [4.69, 9.17) is 0 Å². The van der Waals surface area contributed by atoms with Gasteiger partial charge in [-0.05, 0) is 49.7 Å². The van der Waals surface area contributed by atoms with Crippen LogP contribution in [0.15, 0.2) is 71.0 Å². The monoisotopic (exact) mass is 392 g/mol. The summed E-state index contributed by atoms with van der Waals surface area (Å²) in [4.78, 5) is 18.3. The molecule has 0 aliphatic carbocycles. The van der Waals surface area contributed by atoms with Gasteiger partial charge in [-0.2, -0.15) is 0 Å². The zero-order chi connectivity index (χ0) is 18.6. The summed E-state index contributed by atoms with van der Waals surface area (Å²) >= 11 is 3.51. The van der Waals surface area contributed by atoms with E-state index in [-0.39, 0.29) is 0 Å². The molecule has 0 saturated heterocycles. The van der Waals surface area contributed by atoms with Gasteiger partial charge in [0.1, 0.15) is 0 Å². The Kier molecular flexibility index (Phi) is 5.45. The number of pyridine rings is 2. The van der Waals surface area contributed by atoms with Crippen LogP contribution in [0, 0.1) is 6.92 Å². The van der Waals surface area contributed by atoms with E-state index in [0.717, 1.165) is 33.3 Å². The van der Waals surface area contributed by atoms with Gasteiger partial charge in [0.15, 0.2) is 5.16 Å². The van der Waals surface area contributed by atoms with Crippen LogP contribution in [-0.4, -0.2) is 19.9 Å². The maximum atomic E-state index is 4.63. The summed E-state index contributed by atoms with van der Waals surface area (Å²) in [6, 6.07) is 16.3. The first-order valence-electron chi connectivity index (χ1n) is 8.80. The van der Waals surface area contributed by atoms with E-state index in [1.807, 2.05) is 60.6 Å². The quantitative estimate of drug-likeness (QED) is 0.420. The number of rotatable bonds is 6. The summed E-state index contributed by atoms with van der Waals surface area (Å²) in [5, 5.41) is 1.22. The first-order chi connectivity index (χ1) is 13.2. The van der Waals surface area contributed by atoms with E-state index in [9.17, 15) is 0 Å². The molecule has 4 rings (SSSR count). The van der Waals surface area contributed by atoms with Crippen molar-refractivity contribution >= 4 is 34.6 Å². The molecule has 0 bridgehead atoms. The topological polar surface area (TPSA) is 54.5 Å². The van der Waals surface area contributed by atoms with Crippen molar-refractivity contribution in [2.24, 2.45) is 0 Å². The minimum atomic E-state index is 0.295. The summed E-state index contributed by atoms with van der Waals surface area (Å²) in [7, 11) is 0. The van der Waals surface area contributed by atoms with E-state index in [1.165, 1.54) is 10.5 Å². The van der Waals surface area contributed by atoms with E-state index in [2.05, 4.69) is 45.9 Å². The summed E-state index contributed by atoms with van der Waals surface area (Å²) in [5.74, 6) is 0.790. The molecule has 0 spiro atoms. The first-order valence-corrected chi connectivity index (χ1v) is 10.7. The largest absolute Gasteiger partial charge is 0.333 e. The molecule has 1 N–H and O–H groups in total. The van der Waals surface area contributed by atoms with Crippen LogP contribution in [0.2, 0.25) is 0 Å². The van der Waals surface area contributed by atoms with Crippen molar-refractivity contribution in [1.82, 2.24) is 19.9 Å². The number of H-pyrrole nitrogens is 1. The molecule has 0 saturated carbocycles. The number of nitrogens with zero attached hydrogens (tertiary/aromatic N) is 3. The summed E-state index contributed by atoms with van der Waals surface area (Å²) in [5.41, 5.74) is 5.49. The summed E-state index contributed by atoms with van der Waals surface area (Å²) in [6.07, 6.45) is 3.75. The Morgan fingerprint density at radius 1 is 1.00 bits per heavy atom. The number of para-hydroxylation sites is 2. The molecule has 0 fully saturated rings. The Morgan fingerprint density at radius 2 is 1.85 bits per heavy atom. The van der Waals surface area contributed by atoms with Crippen molar-refractivity contribution < 1.29 is 0 Å². The van der Waals surface area contributed by atoms with E-state index >= 15 is 0 Å².